The molecule has 0 saturated carbocycles. The molecule has 0 radical (unpaired) electrons. The van der Waals surface area contributed by atoms with Gasteiger partial charge in [-0.15, -0.1) is 34.0 Å². The van der Waals surface area contributed by atoms with E-state index in [-0.39, 0.29) is 34.0 Å². The molecule has 1 atom stereocenters. The summed E-state index contributed by atoms with van der Waals surface area (Å²) in [5.41, 5.74) is 2.91. The van der Waals surface area contributed by atoms with Crippen LogP contribution in [0.5, 0.6) is 0 Å². The number of fused-ring (bicyclic) bond motifs is 1. The van der Waals surface area contributed by atoms with Crippen LogP contribution < -0.4 is 0 Å². The van der Waals surface area contributed by atoms with Gasteiger partial charge in [-0.25, -0.2) is 0 Å². The van der Waals surface area contributed by atoms with Gasteiger partial charge < -0.3 is 0 Å². The van der Waals surface area contributed by atoms with Crippen LogP contribution in [0.25, 0.3) is 6.08 Å². The Morgan fingerprint density at radius 2 is 1.77 bits per heavy atom. The van der Waals surface area contributed by atoms with Crippen molar-refractivity contribution in [3.8, 4) is 0 Å². The molecule has 0 bridgehead atoms. The summed E-state index contributed by atoms with van der Waals surface area (Å²) in [6.45, 7) is 2.31. The second-order valence-corrected chi connectivity index (χ2v) is 6.85. The second kappa shape index (κ2) is 5.04. The van der Waals surface area contributed by atoms with Crippen molar-refractivity contribution in [2.45, 2.75) is 10.1 Å². The molecule has 0 amide bonds. The predicted molar refractivity (Wildman–Crippen MR) is 63.5 cm³/mol. The molecule has 13 heavy (non-hydrogen) atoms. The first-order valence-electron chi connectivity index (χ1n) is 3.74. The Morgan fingerprint density at radius 1 is 1.15 bits per heavy atom. The van der Waals surface area contributed by atoms with Gasteiger partial charge in [-0.1, -0.05) is 0 Å². The van der Waals surface area contributed by atoms with Crippen LogP contribution in [0.1, 0.15) is 18.1 Å². The predicted octanol–water partition coefficient (Wildman–Crippen LogP) is 3.63. The van der Waals surface area contributed by atoms with Gasteiger partial charge in [0.05, 0.1) is 0 Å². The molecule has 1 aromatic rings. The first-order valence-corrected chi connectivity index (χ1v) is 5.53. The normalized spacial score (nSPS) is 22.8. The van der Waals surface area contributed by atoms with Gasteiger partial charge in [-0.05, 0) is 0 Å². The Bertz CT molecular complexity index is 318. The quantitative estimate of drug-likeness (QED) is 0.510. The zero-order chi connectivity index (χ0) is 7.90. The second-order valence-electron chi connectivity index (χ2n) is 3.12. The van der Waals surface area contributed by atoms with Crippen LogP contribution in [0.3, 0.4) is 0 Å². The van der Waals surface area contributed by atoms with Crippen LogP contribution in [-0.4, -0.2) is 0 Å². The van der Waals surface area contributed by atoms with Crippen LogP contribution in [0.4, 0.5) is 0 Å². The van der Waals surface area contributed by atoms with Crippen molar-refractivity contribution in [2.24, 2.45) is 0 Å². The minimum atomic E-state index is 0. The Balaban J connectivity index is 0.000000720. The summed E-state index contributed by atoms with van der Waals surface area (Å²) in [7, 11) is 0. The molecule has 0 N–H and O–H groups in total. The molecule has 0 fully saturated rings. The van der Waals surface area contributed by atoms with Crippen molar-refractivity contribution in [1.82, 2.24) is 0 Å². The van der Waals surface area contributed by atoms with Gasteiger partial charge in [0.2, 0.25) is 0 Å². The maximum atomic E-state index is 2.32. The van der Waals surface area contributed by atoms with Crippen molar-refractivity contribution in [1.29, 1.82) is 0 Å². The SMILES string of the molecule is Br.Br.C[C]1([Hf])C=Cc2ccccc21. The van der Waals surface area contributed by atoms with E-state index in [1.54, 1.807) is 0 Å². The van der Waals surface area contributed by atoms with E-state index in [0.717, 1.165) is 0 Å². The molecule has 0 spiro atoms. The molecule has 0 aliphatic heterocycles. The minimum absolute atomic E-state index is 0. The zero-order valence-electron chi connectivity index (χ0n) is 7.28. The Labute approximate surface area is 115 Å². The van der Waals surface area contributed by atoms with Gasteiger partial charge in [-0.2, -0.15) is 0 Å². The van der Waals surface area contributed by atoms with Gasteiger partial charge in [0, 0.05) is 0 Å². The maximum absolute atomic E-state index is 2.32. The van der Waals surface area contributed by atoms with Crippen molar-refractivity contribution in [3.05, 3.63) is 41.5 Å². The van der Waals surface area contributed by atoms with E-state index in [9.17, 15) is 0 Å². The molecular formula is C10H11Br2Hf. The van der Waals surface area contributed by atoms with Gasteiger partial charge in [0.25, 0.3) is 0 Å². The van der Waals surface area contributed by atoms with Crippen molar-refractivity contribution in [2.75, 3.05) is 0 Å². The average Bonchev–Trinajstić information content (AvgIpc) is 2.29. The van der Waals surface area contributed by atoms with Crippen LogP contribution in [0.2, 0.25) is 0 Å². The van der Waals surface area contributed by atoms with Crippen molar-refractivity contribution in [3.63, 3.8) is 0 Å². The van der Waals surface area contributed by atoms with E-state index in [2.05, 4.69) is 43.3 Å². The zero-order valence-corrected chi connectivity index (χ0v) is 14.3. The van der Waals surface area contributed by atoms with Crippen LogP contribution in [0, 0.1) is 0 Å². The summed E-state index contributed by atoms with van der Waals surface area (Å²) in [4.78, 5) is 0. The van der Waals surface area contributed by atoms with E-state index >= 15 is 0 Å². The molecule has 0 saturated heterocycles. The van der Waals surface area contributed by atoms with Crippen LogP contribution in [0.15, 0.2) is 30.3 Å². The van der Waals surface area contributed by atoms with Crippen LogP contribution >= 0.6 is 34.0 Å². The molecule has 1 aliphatic rings. The van der Waals surface area contributed by atoms with Gasteiger partial charge >= 0.3 is 82.0 Å². The summed E-state index contributed by atoms with van der Waals surface area (Å²) >= 11 is 1.20. The summed E-state index contributed by atoms with van der Waals surface area (Å²) in [6, 6.07) is 8.66. The molecular weight excluding hydrogens is 458 g/mol. The molecule has 1 aromatic carbocycles. The monoisotopic (exact) mass is 469 g/mol. The fraction of sp³-hybridized carbons (Fsp3) is 0.200. The van der Waals surface area contributed by atoms with E-state index in [1.165, 1.54) is 35.5 Å². The Hall–Kier alpha value is 0.790. The first-order chi connectivity index (χ1) is 5.20. The first kappa shape index (κ1) is 13.8. The molecule has 0 aromatic heterocycles. The van der Waals surface area contributed by atoms with Gasteiger partial charge in [0.1, 0.15) is 0 Å². The third-order valence-electron chi connectivity index (χ3n) is 2.12. The molecule has 69 valence electrons. The standard InChI is InChI=1S/C10H9.2BrH.Hf/c1-8-6-7-9-4-2-3-5-10(8)9;;;/h2-7H,1H3;2*1H;. The van der Waals surface area contributed by atoms with Gasteiger partial charge in [0.15, 0.2) is 0 Å². The van der Waals surface area contributed by atoms with E-state index in [1.807, 2.05) is 0 Å². The Kier molecular flexibility index (Phi) is 5.34. The topological polar surface area (TPSA) is 0 Å². The molecule has 1 unspecified atom stereocenters. The number of rotatable bonds is 0. The van der Waals surface area contributed by atoms with Crippen LogP contribution in [-0.2, 0) is 27.5 Å². The van der Waals surface area contributed by atoms with E-state index in [0.29, 0.717) is 3.17 Å². The Morgan fingerprint density at radius 3 is 2.38 bits per heavy atom. The third kappa shape index (κ3) is 2.63. The summed E-state index contributed by atoms with van der Waals surface area (Å²) < 4.78 is 0.386. The van der Waals surface area contributed by atoms with Gasteiger partial charge in [-0.3, -0.25) is 0 Å². The van der Waals surface area contributed by atoms with E-state index in [4.69, 9.17) is 0 Å². The van der Waals surface area contributed by atoms with E-state index < -0.39 is 0 Å². The van der Waals surface area contributed by atoms with Crippen molar-refractivity contribution >= 4 is 40.0 Å². The molecule has 3 heteroatoms. The number of halogens is 2. The molecule has 1 aliphatic carbocycles. The van der Waals surface area contributed by atoms with Crippen molar-refractivity contribution < 1.29 is 24.4 Å². The average molecular weight is 469 g/mol. The number of allylic oxidation sites excluding steroid dienone is 1. The molecule has 2 rings (SSSR count). The summed E-state index contributed by atoms with van der Waals surface area (Å²) in [5.74, 6) is 0. The number of hydrogen-bond acceptors (Lipinski definition) is 0. The number of hydrogen-bond donors (Lipinski definition) is 0. The summed E-state index contributed by atoms with van der Waals surface area (Å²) in [6.07, 6.45) is 4.56. The fourth-order valence-electron chi connectivity index (χ4n) is 1.46. The third-order valence-corrected chi connectivity index (χ3v) is 3.68. The number of benzene rings is 1. The fourth-order valence-corrected chi connectivity index (χ4v) is 2.58. The molecule has 0 nitrogen and oxygen atoms in total. The molecule has 0 heterocycles. The summed E-state index contributed by atoms with van der Waals surface area (Å²) in [5, 5.41) is 0.